The van der Waals surface area contributed by atoms with E-state index >= 15 is 0 Å². The number of hydrogen-bond donors (Lipinski definition) is 1. The zero-order valence-corrected chi connectivity index (χ0v) is 11.0. The minimum absolute atomic E-state index is 0.137. The molecule has 0 radical (unpaired) electrons. The van der Waals surface area contributed by atoms with E-state index in [0.717, 1.165) is 18.2 Å². The summed E-state index contributed by atoms with van der Waals surface area (Å²) in [5, 5.41) is 20.1. The van der Waals surface area contributed by atoms with Gasteiger partial charge in [-0.3, -0.25) is 10.1 Å². The Kier molecular flexibility index (Phi) is 4.04. The lowest BCUT2D eigenvalue weighted by Gasteiger charge is -2.09. The third-order valence-electron chi connectivity index (χ3n) is 2.51. The molecule has 0 bridgehead atoms. The van der Waals surface area contributed by atoms with Crippen LogP contribution < -0.4 is 4.74 Å². The number of nitro benzene ring substituents is 1. The fraction of sp³-hybridized carbons (Fsp3) is 0. The first-order valence-electron chi connectivity index (χ1n) is 5.53. The van der Waals surface area contributed by atoms with Gasteiger partial charge >= 0.3 is 11.7 Å². The van der Waals surface area contributed by atoms with Crippen molar-refractivity contribution >= 4 is 23.3 Å². The van der Waals surface area contributed by atoms with Crippen LogP contribution in [-0.2, 0) is 0 Å². The van der Waals surface area contributed by atoms with Gasteiger partial charge in [-0.2, -0.15) is 0 Å². The van der Waals surface area contributed by atoms with Crippen LogP contribution in [0.25, 0.3) is 0 Å². The van der Waals surface area contributed by atoms with E-state index in [0.29, 0.717) is 6.07 Å². The molecule has 0 heterocycles. The van der Waals surface area contributed by atoms with Crippen molar-refractivity contribution in [2.75, 3.05) is 0 Å². The number of carboxylic acid groups (broad SMARTS) is 1. The van der Waals surface area contributed by atoms with E-state index in [4.69, 9.17) is 21.4 Å². The number of carbonyl (C=O) groups is 1. The monoisotopic (exact) mass is 311 g/mol. The molecule has 0 aliphatic heterocycles. The highest BCUT2D eigenvalue weighted by Crippen LogP contribution is 2.34. The largest absolute Gasteiger partial charge is 0.478 e. The first-order valence-corrected chi connectivity index (χ1v) is 5.91. The second-order valence-corrected chi connectivity index (χ2v) is 4.35. The molecule has 21 heavy (non-hydrogen) atoms. The van der Waals surface area contributed by atoms with Gasteiger partial charge in [-0.1, -0.05) is 11.6 Å². The van der Waals surface area contributed by atoms with Crippen molar-refractivity contribution < 1.29 is 24.0 Å². The van der Waals surface area contributed by atoms with Crippen molar-refractivity contribution in [3.05, 3.63) is 62.9 Å². The van der Waals surface area contributed by atoms with Crippen LogP contribution in [0.4, 0.5) is 10.1 Å². The number of nitrogens with zero attached hydrogens (tertiary/aromatic N) is 1. The summed E-state index contributed by atoms with van der Waals surface area (Å²) in [4.78, 5) is 21.1. The van der Waals surface area contributed by atoms with E-state index < -0.39 is 22.4 Å². The van der Waals surface area contributed by atoms with Gasteiger partial charge in [0.25, 0.3) is 0 Å². The third kappa shape index (κ3) is 3.26. The molecule has 108 valence electrons. The molecule has 0 fully saturated rings. The molecule has 0 aliphatic rings. The highest BCUT2D eigenvalue weighted by atomic mass is 35.5. The van der Waals surface area contributed by atoms with Gasteiger partial charge in [0.2, 0.25) is 5.75 Å². The highest BCUT2D eigenvalue weighted by Gasteiger charge is 2.20. The smallest absolute Gasteiger partial charge is 0.339 e. The Hall–Kier alpha value is -2.67. The molecule has 6 nitrogen and oxygen atoms in total. The van der Waals surface area contributed by atoms with Crippen LogP contribution in [0.1, 0.15) is 10.4 Å². The molecule has 0 amide bonds. The summed E-state index contributed by atoms with van der Waals surface area (Å²) in [5.74, 6) is -2.52. The number of hydrogen-bond acceptors (Lipinski definition) is 4. The van der Waals surface area contributed by atoms with Gasteiger partial charge in [0.1, 0.15) is 17.1 Å². The normalized spacial score (nSPS) is 10.2. The third-order valence-corrected chi connectivity index (χ3v) is 2.74. The van der Waals surface area contributed by atoms with Crippen molar-refractivity contribution in [2.45, 2.75) is 0 Å². The van der Waals surface area contributed by atoms with Gasteiger partial charge in [0.05, 0.1) is 11.0 Å². The van der Waals surface area contributed by atoms with E-state index in [1.54, 1.807) is 0 Å². The van der Waals surface area contributed by atoms with Gasteiger partial charge in [-0.25, -0.2) is 9.18 Å². The maximum atomic E-state index is 13.0. The summed E-state index contributed by atoms with van der Waals surface area (Å²) in [5.41, 5.74) is -0.873. The first-order chi connectivity index (χ1) is 9.88. The van der Waals surface area contributed by atoms with Crippen molar-refractivity contribution in [3.8, 4) is 11.5 Å². The van der Waals surface area contributed by atoms with Gasteiger partial charge in [-0.05, 0) is 30.3 Å². The highest BCUT2D eigenvalue weighted by molar-refractivity contribution is 6.31. The lowest BCUT2D eigenvalue weighted by molar-refractivity contribution is -0.385. The van der Waals surface area contributed by atoms with Crippen LogP contribution in [0.3, 0.4) is 0 Å². The number of benzene rings is 2. The Morgan fingerprint density at radius 1 is 1.24 bits per heavy atom. The van der Waals surface area contributed by atoms with Gasteiger partial charge in [-0.15, -0.1) is 0 Å². The second-order valence-electron chi connectivity index (χ2n) is 3.92. The van der Waals surface area contributed by atoms with Crippen molar-refractivity contribution in [3.63, 3.8) is 0 Å². The topological polar surface area (TPSA) is 89.7 Å². The molecule has 2 aromatic carbocycles. The molecule has 0 aliphatic carbocycles. The Labute approximate surface area is 122 Å². The average molecular weight is 312 g/mol. The maximum absolute atomic E-state index is 13.0. The molecule has 0 saturated carbocycles. The predicted octanol–water partition coefficient (Wildman–Crippen LogP) is 3.88. The Morgan fingerprint density at radius 3 is 2.52 bits per heavy atom. The van der Waals surface area contributed by atoms with Crippen LogP contribution in [-0.4, -0.2) is 16.0 Å². The lowest BCUT2D eigenvalue weighted by atomic mass is 10.2. The summed E-state index contributed by atoms with van der Waals surface area (Å²) in [6.45, 7) is 0. The molecule has 0 spiro atoms. The number of rotatable bonds is 4. The fourth-order valence-corrected chi connectivity index (χ4v) is 1.77. The number of halogens is 2. The van der Waals surface area contributed by atoms with E-state index in [1.165, 1.54) is 12.1 Å². The standard InChI is InChI=1S/C13H7ClFNO5/c14-7-1-3-11(9(5-7)13(17)18)21-12-4-2-8(15)6-10(12)16(19)20/h1-6H,(H,17,18). The van der Waals surface area contributed by atoms with E-state index in [2.05, 4.69) is 0 Å². The van der Waals surface area contributed by atoms with Crippen molar-refractivity contribution in [2.24, 2.45) is 0 Å². The van der Waals surface area contributed by atoms with Crippen LogP contribution in [0, 0.1) is 15.9 Å². The zero-order chi connectivity index (χ0) is 15.6. The van der Waals surface area contributed by atoms with Crippen molar-refractivity contribution in [1.82, 2.24) is 0 Å². The minimum Gasteiger partial charge on any atom is -0.478 e. The van der Waals surface area contributed by atoms with E-state index in [9.17, 15) is 19.3 Å². The van der Waals surface area contributed by atoms with Gasteiger partial charge < -0.3 is 9.84 Å². The van der Waals surface area contributed by atoms with Crippen LogP contribution in [0.5, 0.6) is 11.5 Å². The summed E-state index contributed by atoms with van der Waals surface area (Å²) in [6, 6.07) is 6.49. The SMILES string of the molecule is O=C(O)c1cc(Cl)ccc1Oc1ccc(F)cc1[N+](=O)[O-]. The van der Waals surface area contributed by atoms with Crippen LogP contribution in [0.2, 0.25) is 5.02 Å². The second kappa shape index (κ2) is 5.76. The average Bonchev–Trinajstić information content (AvgIpc) is 2.42. The Bertz CT molecular complexity index is 673. The number of nitro groups is 1. The van der Waals surface area contributed by atoms with Crippen LogP contribution >= 0.6 is 11.6 Å². The quantitative estimate of drug-likeness (QED) is 0.683. The number of carboxylic acids is 1. The fourth-order valence-electron chi connectivity index (χ4n) is 1.60. The van der Waals surface area contributed by atoms with E-state index in [1.807, 2.05) is 0 Å². The minimum atomic E-state index is -1.31. The molecule has 8 heteroatoms. The summed E-state index contributed by atoms with van der Waals surface area (Å²) >= 11 is 5.69. The predicted molar refractivity (Wildman–Crippen MR) is 71.5 cm³/mol. The lowest BCUT2D eigenvalue weighted by Crippen LogP contribution is -2.01. The number of ether oxygens (including phenoxy) is 1. The van der Waals surface area contributed by atoms with E-state index in [-0.39, 0.29) is 22.1 Å². The maximum Gasteiger partial charge on any atom is 0.339 e. The summed E-state index contributed by atoms with van der Waals surface area (Å²) in [6.07, 6.45) is 0. The summed E-state index contributed by atoms with van der Waals surface area (Å²) in [7, 11) is 0. The molecule has 1 N–H and O–H groups in total. The molecule has 2 aromatic rings. The zero-order valence-electron chi connectivity index (χ0n) is 10.2. The molecular formula is C13H7ClFNO5. The van der Waals surface area contributed by atoms with Gasteiger partial charge in [0.15, 0.2) is 0 Å². The molecule has 0 atom stereocenters. The molecule has 0 unspecified atom stereocenters. The molecule has 0 saturated heterocycles. The first kappa shape index (κ1) is 14.7. The summed E-state index contributed by atoms with van der Waals surface area (Å²) < 4.78 is 18.3. The number of aromatic carboxylic acids is 1. The molecule has 0 aromatic heterocycles. The van der Waals surface area contributed by atoms with Gasteiger partial charge in [0, 0.05) is 5.02 Å². The molecular weight excluding hydrogens is 305 g/mol. The Morgan fingerprint density at radius 2 is 1.90 bits per heavy atom. The van der Waals surface area contributed by atoms with Crippen molar-refractivity contribution in [1.29, 1.82) is 0 Å². The Balaban J connectivity index is 2.48. The van der Waals surface area contributed by atoms with Crippen LogP contribution in [0.15, 0.2) is 36.4 Å². The molecule has 2 rings (SSSR count).